The van der Waals surface area contributed by atoms with Gasteiger partial charge in [0, 0.05) is 51.2 Å². The number of piperazine rings is 1. The summed E-state index contributed by atoms with van der Waals surface area (Å²) < 4.78 is 2.01. The Kier molecular flexibility index (Phi) is 3.99. The number of aromatic nitrogens is 3. The second-order valence-corrected chi connectivity index (χ2v) is 6.61. The third kappa shape index (κ3) is 2.75. The molecule has 3 heterocycles. The highest BCUT2D eigenvalue weighted by Crippen LogP contribution is 2.18. The van der Waals surface area contributed by atoms with Crippen LogP contribution in [0.2, 0.25) is 0 Å². The number of hydrogen-bond donors (Lipinski definition) is 1. The molecule has 0 bridgehead atoms. The van der Waals surface area contributed by atoms with Gasteiger partial charge in [-0.15, -0.1) is 0 Å². The van der Waals surface area contributed by atoms with Crippen molar-refractivity contribution in [2.24, 2.45) is 7.05 Å². The van der Waals surface area contributed by atoms with Crippen molar-refractivity contribution >= 4 is 22.8 Å². The lowest BCUT2D eigenvalue weighted by molar-refractivity contribution is 0.0535. The number of nitrogens with zero attached hydrogens (tertiary/aromatic N) is 4. The van der Waals surface area contributed by atoms with Gasteiger partial charge < -0.3 is 19.4 Å². The first-order valence-electron chi connectivity index (χ1n) is 8.69. The summed E-state index contributed by atoms with van der Waals surface area (Å²) >= 11 is 0. The van der Waals surface area contributed by atoms with E-state index in [1.165, 1.54) is 0 Å². The zero-order valence-electron chi connectivity index (χ0n) is 14.9. The Morgan fingerprint density at radius 3 is 2.27 bits per heavy atom. The largest absolute Gasteiger partial charge is 0.367 e. The predicted molar refractivity (Wildman–Crippen MR) is 98.1 cm³/mol. The number of amides is 2. The first-order valence-corrected chi connectivity index (χ1v) is 8.69. The number of carbonyl (C=O) groups is 2. The molecule has 0 spiro atoms. The van der Waals surface area contributed by atoms with Gasteiger partial charge in [-0.05, 0) is 31.2 Å². The highest BCUT2D eigenvalue weighted by atomic mass is 16.2. The molecule has 7 nitrogen and oxygen atoms in total. The second kappa shape index (κ2) is 6.33. The molecule has 1 N–H and O–H groups in total. The summed E-state index contributed by atoms with van der Waals surface area (Å²) in [5.41, 5.74) is 3.14. The van der Waals surface area contributed by atoms with Crippen molar-refractivity contribution in [1.82, 2.24) is 24.3 Å². The average molecular weight is 351 g/mol. The van der Waals surface area contributed by atoms with Crippen LogP contribution in [0.4, 0.5) is 0 Å². The zero-order chi connectivity index (χ0) is 18.3. The highest BCUT2D eigenvalue weighted by molar-refractivity contribution is 5.98. The molecule has 0 radical (unpaired) electrons. The zero-order valence-corrected chi connectivity index (χ0v) is 14.9. The van der Waals surface area contributed by atoms with E-state index in [2.05, 4.69) is 9.97 Å². The molecule has 0 atom stereocenters. The molecule has 2 amide bonds. The highest BCUT2D eigenvalue weighted by Gasteiger charge is 2.26. The van der Waals surface area contributed by atoms with Gasteiger partial charge in [0.1, 0.15) is 5.82 Å². The number of nitrogens with one attached hydrogen (secondary N) is 1. The van der Waals surface area contributed by atoms with Crippen LogP contribution in [0.3, 0.4) is 0 Å². The summed E-state index contributed by atoms with van der Waals surface area (Å²) in [6.07, 6.45) is 3.44. The van der Waals surface area contributed by atoms with E-state index < -0.39 is 0 Å². The molecule has 0 aliphatic carbocycles. The first kappa shape index (κ1) is 16.4. The monoisotopic (exact) mass is 351 g/mol. The SMILES string of the molecule is Cc1nc2cc(C(=O)N3CCN(C(=O)c4cc[nH]c4)CC3)ccc2n1C. The number of carbonyl (C=O) groups excluding carboxylic acids is 2. The van der Waals surface area contributed by atoms with Gasteiger partial charge in [0.05, 0.1) is 16.6 Å². The maximum atomic E-state index is 12.8. The van der Waals surface area contributed by atoms with Crippen LogP contribution in [0.1, 0.15) is 26.5 Å². The van der Waals surface area contributed by atoms with Gasteiger partial charge in [-0.1, -0.05) is 0 Å². The van der Waals surface area contributed by atoms with Crippen molar-refractivity contribution in [3.8, 4) is 0 Å². The van der Waals surface area contributed by atoms with E-state index >= 15 is 0 Å². The maximum absolute atomic E-state index is 12.8. The van der Waals surface area contributed by atoms with Crippen molar-refractivity contribution in [1.29, 1.82) is 0 Å². The van der Waals surface area contributed by atoms with E-state index in [1.807, 2.05) is 36.7 Å². The molecule has 1 aliphatic heterocycles. The summed E-state index contributed by atoms with van der Waals surface area (Å²) in [5.74, 6) is 0.911. The fourth-order valence-electron chi connectivity index (χ4n) is 3.39. The van der Waals surface area contributed by atoms with Gasteiger partial charge in [0.2, 0.25) is 0 Å². The molecular weight excluding hydrogens is 330 g/mol. The van der Waals surface area contributed by atoms with Gasteiger partial charge in [-0.25, -0.2) is 4.98 Å². The minimum Gasteiger partial charge on any atom is -0.367 e. The summed E-state index contributed by atoms with van der Waals surface area (Å²) in [6, 6.07) is 7.41. The average Bonchev–Trinajstić information content (AvgIpc) is 3.29. The lowest BCUT2D eigenvalue weighted by Gasteiger charge is -2.34. The number of rotatable bonds is 2. The molecule has 134 valence electrons. The Bertz CT molecular complexity index is 965. The van der Waals surface area contributed by atoms with E-state index in [4.69, 9.17) is 0 Å². The van der Waals surface area contributed by atoms with Gasteiger partial charge in [-0.3, -0.25) is 9.59 Å². The van der Waals surface area contributed by atoms with Gasteiger partial charge in [0.15, 0.2) is 0 Å². The lowest BCUT2D eigenvalue weighted by atomic mass is 10.1. The maximum Gasteiger partial charge on any atom is 0.255 e. The van der Waals surface area contributed by atoms with Crippen LogP contribution in [-0.2, 0) is 7.05 Å². The van der Waals surface area contributed by atoms with E-state index in [0.29, 0.717) is 37.3 Å². The molecule has 7 heteroatoms. The Balaban J connectivity index is 1.46. The van der Waals surface area contributed by atoms with Crippen LogP contribution in [0.5, 0.6) is 0 Å². The van der Waals surface area contributed by atoms with Crippen LogP contribution >= 0.6 is 0 Å². The molecule has 1 aliphatic rings. The van der Waals surface area contributed by atoms with Crippen molar-refractivity contribution in [2.45, 2.75) is 6.92 Å². The molecular formula is C19H21N5O2. The molecule has 26 heavy (non-hydrogen) atoms. The van der Waals surface area contributed by atoms with E-state index in [-0.39, 0.29) is 11.8 Å². The summed E-state index contributed by atoms with van der Waals surface area (Å²) in [7, 11) is 1.97. The normalized spacial score (nSPS) is 14.8. The fourth-order valence-corrected chi connectivity index (χ4v) is 3.39. The summed E-state index contributed by atoms with van der Waals surface area (Å²) in [6.45, 7) is 4.10. The van der Waals surface area contributed by atoms with Gasteiger partial charge >= 0.3 is 0 Å². The first-order chi connectivity index (χ1) is 12.5. The second-order valence-electron chi connectivity index (χ2n) is 6.61. The number of aromatic amines is 1. The van der Waals surface area contributed by atoms with Crippen LogP contribution in [-0.4, -0.2) is 62.3 Å². The Hall–Kier alpha value is -3.09. The number of hydrogen-bond acceptors (Lipinski definition) is 3. The summed E-state index contributed by atoms with van der Waals surface area (Å²) in [4.78, 5) is 36.2. The van der Waals surface area contributed by atoms with E-state index in [9.17, 15) is 9.59 Å². The van der Waals surface area contributed by atoms with Crippen molar-refractivity contribution in [3.05, 3.63) is 53.6 Å². The minimum atomic E-state index is -0.0102. The third-order valence-corrected chi connectivity index (χ3v) is 5.05. The van der Waals surface area contributed by atoms with Crippen LogP contribution in [0, 0.1) is 6.92 Å². The number of benzene rings is 1. The fraction of sp³-hybridized carbons (Fsp3) is 0.316. The molecule has 0 unspecified atom stereocenters. The number of H-pyrrole nitrogens is 1. The Morgan fingerprint density at radius 1 is 1.00 bits per heavy atom. The van der Waals surface area contributed by atoms with E-state index in [1.54, 1.807) is 28.3 Å². The van der Waals surface area contributed by atoms with Gasteiger partial charge in [-0.2, -0.15) is 0 Å². The Morgan fingerprint density at radius 2 is 1.65 bits per heavy atom. The predicted octanol–water partition coefficient (Wildman–Crippen LogP) is 1.81. The standard InChI is InChI=1S/C19H21N5O2/c1-13-21-16-11-14(3-4-17(16)22(13)2)18(25)23-7-9-24(10-8-23)19(26)15-5-6-20-12-15/h3-6,11-12,20H,7-10H2,1-2H3. The molecule has 4 rings (SSSR count). The minimum absolute atomic E-state index is 0.00345. The number of aryl methyl sites for hydroxylation is 2. The quantitative estimate of drug-likeness (QED) is 0.765. The lowest BCUT2D eigenvalue weighted by Crippen LogP contribution is -2.50. The summed E-state index contributed by atoms with van der Waals surface area (Å²) in [5, 5.41) is 0. The third-order valence-electron chi connectivity index (χ3n) is 5.05. The molecule has 1 saturated heterocycles. The molecule has 1 aromatic carbocycles. The Labute approximate surface area is 151 Å². The van der Waals surface area contributed by atoms with Crippen LogP contribution in [0.15, 0.2) is 36.7 Å². The van der Waals surface area contributed by atoms with Crippen molar-refractivity contribution in [3.63, 3.8) is 0 Å². The van der Waals surface area contributed by atoms with Crippen LogP contribution < -0.4 is 0 Å². The molecule has 1 fully saturated rings. The van der Waals surface area contributed by atoms with Gasteiger partial charge in [0.25, 0.3) is 11.8 Å². The van der Waals surface area contributed by atoms with Crippen LogP contribution in [0.25, 0.3) is 11.0 Å². The van der Waals surface area contributed by atoms with Crippen molar-refractivity contribution < 1.29 is 9.59 Å². The molecule has 3 aromatic rings. The van der Waals surface area contributed by atoms with E-state index in [0.717, 1.165) is 16.9 Å². The number of imidazole rings is 1. The number of fused-ring (bicyclic) bond motifs is 1. The topological polar surface area (TPSA) is 74.2 Å². The van der Waals surface area contributed by atoms with Crippen molar-refractivity contribution in [2.75, 3.05) is 26.2 Å². The smallest absolute Gasteiger partial charge is 0.255 e. The molecule has 0 saturated carbocycles. The molecule has 2 aromatic heterocycles.